The van der Waals surface area contributed by atoms with Crippen LogP contribution in [-0.2, 0) is 18.3 Å². The number of phosphoric acid groups is 1. The van der Waals surface area contributed by atoms with E-state index in [4.69, 9.17) is 31.1 Å². The van der Waals surface area contributed by atoms with Crippen LogP contribution in [0.3, 0.4) is 0 Å². The van der Waals surface area contributed by atoms with Crippen LogP contribution in [0.25, 0.3) is 0 Å². The molecule has 1 aromatic heterocycles. The zero-order valence-electron chi connectivity index (χ0n) is 24.6. The maximum atomic E-state index is 12.5. The first-order chi connectivity index (χ1) is 19.9. The molecule has 242 valence electrons. The zero-order chi connectivity index (χ0) is 31.2. The summed E-state index contributed by atoms with van der Waals surface area (Å²) in [6.45, 7) is 2.50. The van der Waals surface area contributed by atoms with Crippen LogP contribution in [0, 0.1) is 4.77 Å². The number of hydrogen-bond acceptors (Lipinski definition) is 9. The normalized spacial score (nSPS) is 24.4. The van der Waals surface area contributed by atoms with E-state index in [0.29, 0.717) is 6.42 Å². The molecule has 0 aliphatic carbocycles. The summed E-state index contributed by atoms with van der Waals surface area (Å²) in [7, 11) is -4.67. The van der Waals surface area contributed by atoms with E-state index in [-0.39, 0.29) is 11.4 Å². The third-order valence-corrected chi connectivity index (χ3v) is 8.70. The molecule has 13 nitrogen and oxygen atoms in total. The number of rotatable bonds is 21. The van der Waals surface area contributed by atoms with Crippen LogP contribution in [0.5, 0.6) is 0 Å². The predicted molar refractivity (Wildman–Crippen MR) is 159 cm³/mol. The first-order valence-electron chi connectivity index (χ1n) is 14.9. The monoisotopic (exact) mass is 637 g/mol. The van der Waals surface area contributed by atoms with Crippen molar-refractivity contribution in [1.82, 2.24) is 14.9 Å². The SMILES string of the molecule is CCCCCCCCCCCCCCC(COP(=O)(O)OC[C@H]1O[C@@H](n2ccc(=O)[nH]c2=S)C(C)(O)[C@H]1O)NC(=O)O. The van der Waals surface area contributed by atoms with Gasteiger partial charge in [-0.1, -0.05) is 84.0 Å². The molecule has 42 heavy (non-hydrogen) atoms. The van der Waals surface area contributed by atoms with Gasteiger partial charge in [-0.15, -0.1) is 0 Å². The number of hydrogen-bond donors (Lipinski definition) is 6. The minimum atomic E-state index is -4.67. The lowest BCUT2D eigenvalue weighted by Crippen LogP contribution is -2.44. The van der Waals surface area contributed by atoms with Crippen molar-refractivity contribution in [3.63, 3.8) is 0 Å². The molecule has 1 amide bonds. The highest BCUT2D eigenvalue weighted by molar-refractivity contribution is 7.71. The van der Waals surface area contributed by atoms with E-state index < -0.39 is 56.2 Å². The number of nitrogens with one attached hydrogen (secondary N) is 2. The van der Waals surface area contributed by atoms with Crippen LogP contribution >= 0.6 is 20.0 Å². The summed E-state index contributed by atoms with van der Waals surface area (Å²) in [5.74, 6) is 0. The number of phosphoric ester groups is 1. The lowest BCUT2D eigenvalue weighted by Gasteiger charge is -2.28. The van der Waals surface area contributed by atoms with E-state index in [1.54, 1.807) is 0 Å². The molecule has 1 saturated heterocycles. The van der Waals surface area contributed by atoms with Crippen molar-refractivity contribution >= 4 is 26.1 Å². The molecule has 6 N–H and O–H groups in total. The number of aliphatic hydroxyl groups is 2. The van der Waals surface area contributed by atoms with Crippen molar-refractivity contribution < 1.29 is 43.4 Å². The predicted octanol–water partition coefficient (Wildman–Crippen LogP) is 4.78. The second kappa shape index (κ2) is 18.2. The van der Waals surface area contributed by atoms with Gasteiger partial charge in [-0.05, 0) is 25.6 Å². The molecule has 2 rings (SSSR count). The van der Waals surface area contributed by atoms with E-state index in [1.807, 2.05) is 0 Å². The average Bonchev–Trinajstić information content (AvgIpc) is 3.14. The fourth-order valence-electron chi connectivity index (χ4n) is 4.98. The van der Waals surface area contributed by atoms with Crippen molar-refractivity contribution in [2.24, 2.45) is 0 Å². The minimum Gasteiger partial charge on any atom is -0.465 e. The lowest BCUT2D eigenvalue weighted by atomic mass is 9.96. The molecule has 6 atom stereocenters. The molecule has 1 aromatic rings. The maximum Gasteiger partial charge on any atom is 0.472 e. The second-order valence-corrected chi connectivity index (χ2v) is 12.9. The van der Waals surface area contributed by atoms with Gasteiger partial charge in [0.2, 0.25) is 0 Å². The van der Waals surface area contributed by atoms with Crippen molar-refractivity contribution in [2.75, 3.05) is 13.2 Å². The number of nitrogens with zero attached hydrogens (tertiary/aromatic N) is 1. The summed E-state index contributed by atoms with van der Waals surface area (Å²) in [5.41, 5.74) is -2.34. The van der Waals surface area contributed by atoms with Gasteiger partial charge >= 0.3 is 13.9 Å². The van der Waals surface area contributed by atoms with Crippen molar-refractivity contribution in [3.05, 3.63) is 27.4 Å². The molecule has 3 unspecified atom stereocenters. The Labute approximate surface area is 252 Å². The minimum absolute atomic E-state index is 0.0529. The Bertz CT molecular complexity index is 1110. The first-order valence-corrected chi connectivity index (χ1v) is 16.8. The highest BCUT2D eigenvalue weighted by Gasteiger charge is 2.53. The zero-order valence-corrected chi connectivity index (χ0v) is 26.3. The van der Waals surface area contributed by atoms with Crippen molar-refractivity contribution in [3.8, 4) is 0 Å². The standard InChI is InChI=1S/C27H48N3O10PS/c1-3-4-5-6-7-8-9-10-11-12-13-14-15-20(28-26(33)34)18-38-41(36,37)39-19-21-23(32)27(2,35)24(40-21)30-17-16-22(31)29-25(30)42/h16-17,20-21,23-24,28,32,35H,3-15,18-19H2,1-2H3,(H,33,34)(H,36,37)(H,29,31,42)/t20?,21-,23+,24-,27?/m1/s1. The number of ether oxygens (including phenoxy) is 1. The highest BCUT2D eigenvalue weighted by Crippen LogP contribution is 2.46. The molecule has 1 aliphatic rings. The van der Waals surface area contributed by atoms with E-state index in [2.05, 4.69) is 17.2 Å². The number of carbonyl (C=O) groups is 1. The molecule has 0 bridgehead atoms. The topological polar surface area (TPSA) is 193 Å². The largest absolute Gasteiger partial charge is 0.472 e. The third kappa shape index (κ3) is 12.5. The van der Waals surface area contributed by atoms with Crippen LogP contribution < -0.4 is 10.9 Å². The molecule has 0 spiro atoms. The van der Waals surface area contributed by atoms with E-state index >= 15 is 0 Å². The Morgan fingerprint density at radius 1 is 1.14 bits per heavy atom. The highest BCUT2D eigenvalue weighted by atomic mass is 32.1. The van der Waals surface area contributed by atoms with E-state index in [1.165, 1.54) is 75.1 Å². The summed E-state index contributed by atoms with van der Waals surface area (Å²) < 4.78 is 29.4. The number of H-pyrrole nitrogens is 1. The molecule has 1 fully saturated rings. The number of amides is 1. The molecule has 0 aromatic carbocycles. The first kappa shape index (κ1) is 36.6. The van der Waals surface area contributed by atoms with Gasteiger partial charge in [-0.2, -0.15) is 0 Å². The Hall–Kier alpha value is -1.64. The van der Waals surface area contributed by atoms with Gasteiger partial charge in [-0.3, -0.25) is 23.4 Å². The number of unbranched alkanes of at least 4 members (excludes halogenated alkanes) is 11. The Morgan fingerprint density at radius 3 is 2.26 bits per heavy atom. The Kier molecular flexibility index (Phi) is 15.9. The molecule has 15 heteroatoms. The molecule has 0 radical (unpaired) electrons. The summed E-state index contributed by atoms with van der Waals surface area (Å²) in [6.07, 6.45) is 10.4. The lowest BCUT2D eigenvalue weighted by molar-refractivity contribution is -0.0978. The van der Waals surface area contributed by atoms with Gasteiger partial charge < -0.3 is 30.3 Å². The summed E-state index contributed by atoms with van der Waals surface area (Å²) in [5, 5.41) is 32.9. The molecular formula is C27H48N3O10PS. The number of aromatic amines is 1. The van der Waals surface area contributed by atoms with Crippen LogP contribution in [0.1, 0.15) is 104 Å². The Morgan fingerprint density at radius 2 is 1.71 bits per heavy atom. The maximum absolute atomic E-state index is 12.5. The van der Waals surface area contributed by atoms with Crippen LogP contribution in [-0.4, -0.2) is 72.9 Å². The van der Waals surface area contributed by atoms with Crippen molar-refractivity contribution in [1.29, 1.82) is 0 Å². The smallest absolute Gasteiger partial charge is 0.465 e. The molecular weight excluding hydrogens is 589 g/mol. The van der Waals surface area contributed by atoms with Gasteiger partial charge in [0.15, 0.2) is 11.0 Å². The van der Waals surface area contributed by atoms with Gasteiger partial charge in [0.05, 0.1) is 19.3 Å². The average molecular weight is 638 g/mol. The van der Waals surface area contributed by atoms with Crippen LogP contribution in [0.4, 0.5) is 4.79 Å². The Balaban J connectivity index is 1.74. The summed E-state index contributed by atoms with van der Waals surface area (Å²) in [6, 6.07) is 0.454. The van der Waals surface area contributed by atoms with E-state index in [0.717, 1.165) is 25.7 Å². The van der Waals surface area contributed by atoms with Gasteiger partial charge in [0.1, 0.15) is 17.8 Å². The number of aromatic nitrogens is 2. The van der Waals surface area contributed by atoms with E-state index in [9.17, 15) is 29.3 Å². The second-order valence-electron chi connectivity index (χ2n) is 11.1. The van der Waals surface area contributed by atoms with Gasteiger partial charge in [0.25, 0.3) is 5.56 Å². The third-order valence-electron chi connectivity index (χ3n) is 7.43. The number of aliphatic hydroxyl groups excluding tert-OH is 1. The fourth-order valence-corrected chi connectivity index (χ4v) is 6.02. The molecule has 0 saturated carbocycles. The fraction of sp³-hybridized carbons (Fsp3) is 0.815. The molecule has 2 heterocycles. The van der Waals surface area contributed by atoms with Gasteiger partial charge in [0, 0.05) is 12.3 Å². The van der Waals surface area contributed by atoms with Crippen molar-refractivity contribution in [2.45, 2.75) is 127 Å². The quantitative estimate of drug-likeness (QED) is 0.0618. The van der Waals surface area contributed by atoms with Crippen LogP contribution in [0.2, 0.25) is 0 Å². The number of carboxylic acid groups (broad SMARTS) is 1. The van der Waals surface area contributed by atoms with Crippen LogP contribution in [0.15, 0.2) is 17.1 Å². The molecule has 1 aliphatic heterocycles. The summed E-state index contributed by atoms with van der Waals surface area (Å²) in [4.78, 5) is 35.3. The van der Waals surface area contributed by atoms with Gasteiger partial charge in [-0.25, -0.2) is 9.36 Å². The summed E-state index contributed by atoms with van der Waals surface area (Å²) >= 11 is 5.10.